The molecule has 0 aliphatic heterocycles. The summed E-state index contributed by atoms with van der Waals surface area (Å²) in [6, 6.07) is 18.0. The smallest absolute Gasteiger partial charge is 0.335 e. The SMILES string of the molecule is CCOc1cccc2cc(C(=O)Nc3ccc(OC)c(OC)c3)c(=Nc3ccc(C(=O)O)cc3)oc12. The van der Waals surface area contributed by atoms with Crippen molar-refractivity contribution in [3.63, 3.8) is 0 Å². The normalized spacial score (nSPS) is 11.2. The lowest BCUT2D eigenvalue weighted by Gasteiger charge is -2.12. The molecular formula is C27H24N2O7. The van der Waals surface area contributed by atoms with Crippen LogP contribution in [-0.4, -0.2) is 37.8 Å². The maximum Gasteiger partial charge on any atom is 0.335 e. The van der Waals surface area contributed by atoms with Crippen LogP contribution in [0.3, 0.4) is 0 Å². The molecule has 1 heterocycles. The number of nitrogens with zero attached hydrogens (tertiary/aromatic N) is 1. The summed E-state index contributed by atoms with van der Waals surface area (Å²) in [5, 5.41) is 12.6. The van der Waals surface area contributed by atoms with Crippen LogP contribution >= 0.6 is 0 Å². The van der Waals surface area contributed by atoms with E-state index in [4.69, 9.17) is 23.7 Å². The highest BCUT2D eigenvalue weighted by molar-refractivity contribution is 6.05. The second-order valence-electron chi connectivity index (χ2n) is 7.56. The van der Waals surface area contributed by atoms with E-state index in [0.29, 0.717) is 46.2 Å². The van der Waals surface area contributed by atoms with E-state index in [-0.39, 0.29) is 16.7 Å². The number of methoxy groups -OCH3 is 2. The molecule has 9 heteroatoms. The molecule has 0 atom stereocenters. The predicted octanol–water partition coefficient (Wildman–Crippen LogP) is 5.03. The van der Waals surface area contributed by atoms with Crippen LogP contribution in [0.1, 0.15) is 27.6 Å². The van der Waals surface area contributed by atoms with Crippen molar-refractivity contribution in [1.29, 1.82) is 0 Å². The number of hydrogen-bond donors (Lipinski definition) is 2. The van der Waals surface area contributed by atoms with E-state index in [9.17, 15) is 9.59 Å². The second-order valence-corrected chi connectivity index (χ2v) is 7.56. The number of carboxylic acid groups (broad SMARTS) is 1. The average Bonchev–Trinajstić information content (AvgIpc) is 2.89. The van der Waals surface area contributed by atoms with Crippen LogP contribution in [0.25, 0.3) is 11.0 Å². The fourth-order valence-corrected chi connectivity index (χ4v) is 3.55. The minimum Gasteiger partial charge on any atom is -0.493 e. The molecule has 0 spiro atoms. The number of ether oxygens (including phenoxy) is 3. The van der Waals surface area contributed by atoms with E-state index >= 15 is 0 Å². The summed E-state index contributed by atoms with van der Waals surface area (Å²) in [5.74, 6) is -0.00756. The molecule has 0 radical (unpaired) electrons. The summed E-state index contributed by atoms with van der Waals surface area (Å²) < 4.78 is 22.3. The number of rotatable bonds is 8. The lowest BCUT2D eigenvalue weighted by atomic mass is 10.1. The summed E-state index contributed by atoms with van der Waals surface area (Å²) in [4.78, 5) is 29.0. The topological polar surface area (TPSA) is 120 Å². The van der Waals surface area contributed by atoms with Crippen molar-refractivity contribution in [2.75, 3.05) is 26.1 Å². The van der Waals surface area contributed by atoms with Gasteiger partial charge in [0, 0.05) is 17.1 Å². The van der Waals surface area contributed by atoms with Gasteiger partial charge in [0.15, 0.2) is 22.8 Å². The first-order valence-corrected chi connectivity index (χ1v) is 11.0. The Morgan fingerprint density at radius 3 is 2.36 bits per heavy atom. The van der Waals surface area contributed by atoms with Crippen LogP contribution in [0.15, 0.2) is 76.1 Å². The van der Waals surface area contributed by atoms with E-state index < -0.39 is 11.9 Å². The van der Waals surface area contributed by atoms with Crippen molar-refractivity contribution >= 4 is 34.2 Å². The Bertz CT molecular complexity index is 1490. The molecule has 0 aliphatic rings. The molecule has 1 amide bonds. The Morgan fingerprint density at radius 2 is 1.69 bits per heavy atom. The van der Waals surface area contributed by atoms with Gasteiger partial charge in [0.2, 0.25) is 5.55 Å². The zero-order valence-corrected chi connectivity index (χ0v) is 19.9. The Morgan fingerprint density at radius 1 is 0.944 bits per heavy atom. The Labute approximate surface area is 206 Å². The molecule has 0 aliphatic carbocycles. The Balaban J connectivity index is 1.83. The van der Waals surface area contributed by atoms with E-state index in [2.05, 4.69) is 10.3 Å². The van der Waals surface area contributed by atoms with Gasteiger partial charge in [-0.25, -0.2) is 9.79 Å². The van der Waals surface area contributed by atoms with Gasteiger partial charge in [0.1, 0.15) is 5.56 Å². The Kier molecular flexibility index (Phi) is 7.20. The molecule has 0 fully saturated rings. The fraction of sp³-hybridized carbons (Fsp3) is 0.148. The first-order chi connectivity index (χ1) is 17.4. The Hall–Kier alpha value is -4.79. The van der Waals surface area contributed by atoms with Gasteiger partial charge in [-0.1, -0.05) is 12.1 Å². The third-order valence-corrected chi connectivity index (χ3v) is 5.27. The molecule has 3 aromatic carbocycles. The summed E-state index contributed by atoms with van der Waals surface area (Å²) in [5.41, 5.74) is 1.66. The molecule has 1 aromatic heterocycles. The number of benzene rings is 3. The van der Waals surface area contributed by atoms with Crippen LogP contribution < -0.4 is 25.1 Å². The number of nitrogens with one attached hydrogen (secondary N) is 1. The third-order valence-electron chi connectivity index (χ3n) is 5.27. The monoisotopic (exact) mass is 488 g/mol. The maximum absolute atomic E-state index is 13.4. The van der Waals surface area contributed by atoms with Crippen LogP contribution in [0.5, 0.6) is 17.2 Å². The van der Waals surface area contributed by atoms with E-state index in [1.165, 1.54) is 38.5 Å². The van der Waals surface area contributed by atoms with Gasteiger partial charge in [-0.05, 0) is 55.5 Å². The molecule has 0 unspecified atom stereocenters. The molecule has 0 saturated carbocycles. The first kappa shape index (κ1) is 24.3. The predicted molar refractivity (Wildman–Crippen MR) is 134 cm³/mol. The molecule has 0 bridgehead atoms. The van der Waals surface area contributed by atoms with Crippen molar-refractivity contribution in [3.8, 4) is 17.2 Å². The third kappa shape index (κ3) is 5.15. The largest absolute Gasteiger partial charge is 0.493 e. The lowest BCUT2D eigenvalue weighted by molar-refractivity contribution is 0.0696. The number of aromatic carboxylic acids is 1. The van der Waals surface area contributed by atoms with Gasteiger partial charge < -0.3 is 29.1 Å². The van der Waals surface area contributed by atoms with E-state index in [1.807, 2.05) is 6.92 Å². The van der Waals surface area contributed by atoms with Crippen LogP contribution in [-0.2, 0) is 0 Å². The van der Waals surface area contributed by atoms with Gasteiger partial charge in [0.25, 0.3) is 5.91 Å². The van der Waals surface area contributed by atoms with Gasteiger partial charge in [-0.2, -0.15) is 0 Å². The zero-order valence-electron chi connectivity index (χ0n) is 19.9. The van der Waals surface area contributed by atoms with Gasteiger partial charge >= 0.3 is 5.97 Å². The van der Waals surface area contributed by atoms with Crippen LogP contribution in [0.4, 0.5) is 11.4 Å². The van der Waals surface area contributed by atoms with Crippen molar-refractivity contribution < 1.29 is 33.3 Å². The van der Waals surface area contributed by atoms with E-state index in [1.54, 1.807) is 42.5 Å². The minimum absolute atomic E-state index is 0.0377. The number of amides is 1. The summed E-state index contributed by atoms with van der Waals surface area (Å²) in [7, 11) is 3.04. The number of fused-ring (bicyclic) bond motifs is 1. The molecule has 0 saturated heterocycles. The second kappa shape index (κ2) is 10.6. The van der Waals surface area contributed by atoms with Gasteiger partial charge in [0.05, 0.1) is 32.1 Å². The summed E-state index contributed by atoms with van der Waals surface area (Å²) in [6.07, 6.45) is 0. The summed E-state index contributed by atoms with van der Waals surface area (Å²) >= 11 is 0. The van der Waals surface area contributed by atoms with Gasteiger partial charge in [-0.3, -0.25) is 4.79 Å². The lowest BCUT2D eigenvalue weighted by Crippen LogP contribution is -2.21. The number of carbonyl (C=O) groups is 2. The molecule has 184 valence electrons. The quantitative estimate of drug-likeness (QED) is 0.357. The number of anilines is 1. The maximum atomic E-state index is 13.4. The molecule has 9 nitrogen and oxygen atoms in total. The highest BCUT2D eigenvalue weighted by atomic mass is 16.5. The number of para-hydroxylation sites is 1. The van der Waals surface area contributed by atoms with Gasteiger partial charge in [-0.15, -0.1) is 0 Å². The van der Waals surface area contributed by atoms with Crippen molar-refractivity contribution in [2.24, 2.45) is 4.99 Å². The van der Waals surface area contributed by atoms with Crippen molar-refractivity contribution in [3.05, 3.63) is 83.4 Å². The van der Waals surface area contributed by atoms with Crippen molar-refractivity contribution in [1.82, 2.24) is 0 Å². The number of hydrogen-bond acceptors (Lipinski definition) is 7. The average molecular weight is 488 g/mol. The van der Waals surface area contributed by atoms with Crippen LogP contribution in [0, 0.1) is 0 Å². The highest BCUT2D eigenvalue weighted by Crippen LogP contribution is 2.30. The highest BCUT2D eigenvalue weighted by Gasteiger charge is 2.16. The zero-order chi connectivity index (χ0) is 25.7. The minimum atomic E-state index is -1.05. The molecular weight excluding hydrogens is 464 g/mol. The first-order valence-electron chi connectivity index (χ1n) is 11.0. The molecule has 4 rings (SSSR count). The molecule has 36 heavy (non-hydrogen) atoms. The molecule has 4 aromatic rings. The van der Waals surface area contributed by atoms with Crippen molar-refractivity contribution in [2.45, 2.75) is 6.92 Å². The number of carboxylic acids is 1. The summed E-state index contributed by atoms with van der Waals surface area (Å²) in [6.45, 7) is 2.29. The van der Waals surface area contributed by atoms with E-state index in [0.717, 1.165) is 0 Å². The number of carbonyl (C=O) groups excluding carboxylic acids is 1. The fourth-order valence-electron chi connectivity index (χ4n) is 3.55. The standard InChI is InChI=1S/C27H24N2O7/c1-4-35-22-7-5-6-17-14-20(25(30)28-19-12-13-21(33-2)23(15-19)34-3)26(36-24(17)22)29-18-10-8-16(9-11-18)27(31)32/h5-15H,4H2,1-3H3,(H,28,30)(H,31,32). The molecule has 2 N–H and O–H groups in total. The van der Waals surface area contributed by atoms with Crippen LogP contribution in [0.2, 0.25) is 0 Å².